The molecule has 132 valence electrons. The molecule has 2 aromatic carbocycles. The summed E-state index contributed by atoms with van der Waals surface area (Å²) in [6.45, 7) is 0.321. The van der Waals surface area contributed by atoms with Gasteiger partial charge in [0.2, 0.25) is 0 Å². The topological polar surface area (TPSA) is 54.0 Å². The van der Waals surface area contributed by atoms with Crippen LogP contribution in [0.3, 0.4) is 0 Å². The SMILES string of the molecule is O=C(NCc1ccc(Cl)cc1)c1cc(Nc2ccc(F)cc2F)ccn1. The minimum Gasteiger partial charge on any atom is -0.353 e. The molecular formula is C19H14ClF2N3O. The zero-order valence-corrected chi connectivity index (χ0v) is 14.2. The molecule has 1 heterocycles. The largest absolute Gasteiger partial charge is 0.353 e. The zero-order chi connectivity index (χ0) is 18.5. The Bertz CT molecular complexity index is 932. The van der Waals surface area contributed by atoms with E-state index >= 15 is 0 Å². The predicted octanol–water partition coefficient (Wildman–Crippen LogP) is 4.69. The van der Waals surface area contributed by atoms with E-state index in [1.807, 2.05) is 12.1 Å². The summed E-state index contributed by atoms with van der Waals surface area (Å²) in [5.41, 5.74) is 1.63. The van der Waals surface area contributed by atoms with Crippen LogP contribution in [0.4, 0.5) is 20.2 Å². The van der Waals surface area contributed by atoms with E-state index in [1.165, 1.54) is 18.3 Å². The maximum absolute atomic E-state index is 13.7. The molecule has 1 aromatic heterocycles. The molecule has 0 saturated carbocycles. The summed E-state index contributed by atoms with van der Waals surface area (Å²) in [7, 11) is 0. The summed E-state index contributed by atoms with van der Waals surface area (Å²) in [6, 6.07) is 13.4. The van der Waals surface area contributed by atoms with Crippen LogP contribution in [0.25, 0.3) is 0 Å². The van der Waals surface area contributed by atoms with Crippen LogP contribution in [0.2, 0.25) is 5.02 Å². The van der Waals surface area contributed by atoms with Gasteiger partial charge in [-0.3, -0.25) is 9.78 Å². The number of nitrogens with one attached hydrogen (secondary N) is 2. The first-order valence-corrected chi connectivity index (χ1v) is 8.10. The summed E-state index contributed by atoms with van der Waals surface area (Å²) in [6.07, 6.45) is 1.43. The van der Waals surface area contributed by atoms with Gasteiger partial charge in [-0.05, 0) is 42.0 Å². The quantitative estimate of drug-likeness (QED) is 0.682. The number of carbonyl (C=O) groups is 1. The maximum Gasteiger partial charge on any atom is 0.270 e. The van der Waals surface area contributed by atoms with E-state index in [0.29, 0.717) is 17.3 Å². The van der Waals surface area contributed by atoms with Gasteiger partial charge in [0.1, 0.15) is 17.3 Å². The average Bonchev–Trinajstić information content (AvgIpc) is 2.63. The molecule has 0 aliphatic carbocycles. The van der Waals surface area contributed by atoms with Crippen LogP contribution in [0.1, 0.15) is 16.1 Å². The smallest absolute Gasteiger partial charge is 0.270 e. The third kappa shape index (κ3) is 4.55. The lowest BCUT2D eigenvalue weighted by Crippen LogP contribution is -2.23. The van der Waals surface area contributed by atoms with Gasteiger partial charge in [0.15, 0.2) is 0 Å². The second-order valence-electron chi connectivity index (χ2n) is 5.49. The number of hydrogen-bond acceptors (Lipinski definition) is 3. The van der Waals surface area contributed by atoms with Gasteiger partial charge in [0.25, 0.3) is 5.91 Å². The van der Waals surface area contributed by atoms with Gasteiger partial charge in [0, 0.05) is 29.5 Å². The van der Waals surface area contributed by atoms with Crippen molar-refractivity contribution in [3.8, 4) is 0 Å². The molecule has 26 heavy (non-hydrogen) atoms. The molecule has 0 fully saturated rings. The fourth-order valence-corrected chi connectivity index (χ4v) is 2.38. The van der Waals surface area contributed by atoms with Crippen LogP contribution < -0.4 is 10.6 Å². The van der Waals surface area contributed by atoms with Gasteiger partial charge in [-0.2, -0.15) is 0 Å². The Morgan fingerprint density at radius 3 is 2.54 bits per heavy atom. The third-order valence-electron chi connectivity index (χ3n) is 3.57. The Balaban J connectivity index is 1.68. The van der Waals surface area contributed by atoms with Gasteiger partial charge in [-0.1, -0.05) is 23.7 Å². The van der Waals surface area contributed by atoms with Crippen LogP contribution in [0, 0.1) is 11.6 Å². The zero-order valence-electron chi connectivity index (χ0n) is 13.5. The molecule has 0 spiro atoms. The minimum atomic E-state index is -0.726. The molecule has 0 atom stereocenters. The number of carbonyl (C=O) groups excluding carboxylic acids is 1. The molecule has 3 aromatic rings. The van der Waals surface area contributed by atoms with E-state index in [4.69, 9.17) is 11.6 Å². The molecule has 0 aliphatic heterocycles. The Hall–Kier alpha value is -2.99. The first-order chi connectivity index (χ1) is 12.5. The lowest BCUT2D eigenvalue weighted by atomic mass is 10.2. The monoisotopic (exact) mass is 373 g/mol. The molecule has 0 saturated heterocycles. The highest BCUT2D eigenvalue weighted by Crippen LogP contribution is 2.21. The van der Waals surface area contributed by atoms with Gasteiger partial charge in [-0.25, -0.2) is 8.78 Å². The number of halogens is 3. The van der Waals surface area contributed by atoms with Gasteiger partial charge in [0.05, 0.1) is 5.69 Å². The summed E-state index contributed by atoms with van der Waals surface area (Å²) in [4.78, 5) is 16.3. The van der Waals surface area contributed by atoms with Crippen molar-refractivity contribution in [2.75, 3.05) is 5.32 Å². The van der Waals surface area contributed by atoms with Gasteiger partial charge in [-0.15, -0.1) is 0 Å². The van der Waals surface area contributed by atoms with Crippen molar-refractivity contribution in [1.29, 1.82) is 0 Å². The van der Waals surface area contributed by atoms with Gasteiger partial charge < -0.3 is 10.6 Å². The molecule has 0 bridgehead atoms. The van der Waals surface area contributed by atoms with Crippen LogP contribution in [0.5, 0.6) is 0 Å². The Morgan fingerprint density at radius 1 is 1.04 bits per heavy atom. The number of hydrogen-bond donors (Lipinski definition) is 2. The van der Waals surface area contributed by atoms with E-state index in [1.54, 1.807) is 18.2 Å². The van der Waals surface area contributed by atoms with E-state index in [9.17, 15) is 13.6 Å². The van der Waals surface area contributed by atoms with Crippen molar-refractivity contribution >= 4 is 28.9 Å². The molecule has 2 N–H and O–H groups in total. The first-order valence-electron chi connectivity index (χ1n) is 7.72. The third-order valence-corrected chi connectivity index (χ3v) is 3.82. The molecule has 4 nitrogen and oxygen atoms in total. The fourth-order valence-electron chi connectivity index (χ4n) is 2.25. The normalized spacial score (nSPS) is 10.4. The fraction of sp³-hybridized carbons (Fsp3) is 0.0526. The van der Waals surface area contributed by atoms with Crippen molar-refractivity contribution in [2.24, 2.45) is 0 Å². The highest BCUT2D eigenvalue weighted by atomic mass is 35.5. The second-order valence-corrected chi connectivity index (χ2v) is 5.92. The van der Waals surface area contributed by atoms with Crippen LogP contribution in [-0.4, -0.2) is 10.9 Å². The lowest BCUT2D eigenvalue weighted by molar-refractivity contribution is 0.0946. The molecule has 7 heteroatoms. The standard InChI is InChI=1S/C19H14ClF2N3O/c20-13-3-1-12(2-4-13)11-24-19(26)18-10-15(7-8-23-18)25-17-6-5-14(21)9-16(17)22/h1-10H,11H2,(H,23,25)(H,24,26). The molecule has 0 radical (unpaired) electrons. The van der Waals surface area contributed by atoms with E-state index in [2.05, 4.69) is 15.6 Å². The maximum atomic E-state index is 13.7. The summed E-state index contributed by atoms with van der Waals surface area (Å²) < 4.78 is 26.7. The van der Waals surface area contributed by atoms with Crippen LogP contribution >= 0.6 is 11.6 Å². The first kappa shape index (κ1) is 17.8. The Labute approximate surface area is 153 Å². The summed E-state index contributed by atoms with van der Waals surface area (Å²) in [5.74, 6) is -1.76. The number of aromatic nitrogens is 1. The molecule has 3 rings (SSSR count). The van der Waals surface area contributed by atoms with Crippen molar-refractivity contribution in [2.45, 2.75) is 6.54 Å². The molecule has 1 amide bonds. The van der Waals surface area contributed by atoms with Crippen LogP contribution in [-0.2, 0) is 6.54 Å². The number of rotatable bonds is 5. The number of benzene rings is 2. The van der Waals surface area contributed by atoms with Crippen molar-refractivity contribution in [3.05, 3.63) is 88.7 Å². The highest BCUT2D eigenvalue weighted by molar-refractivity contribution is 6.30. The Kier molecular flexibility index (Phi) is 5.43. The number of nitrogens with zero attached hydrogens (tertiary/aromatic N) is 1. The summed E-state index contributed by atoms with van der Waals surface area (Å²) in [5, 5.41) is 6.17. The Morgan fingerprint density at radius 2 is 1.81 bits per heavy atom. The molecule has 0 aliphatic rings. The number of pyridine rings is 1. The average molecular weight is 374 g/mol. The number of anilines is 2. The molecular weight excluding hydrogens is 360 g/mol. The second kappa shape index (κ2) is 7.93. The van der Waals surface area contributed by atoms with Crippen LogP contribution in [0.15, 0.2) is 60.8 Å². The lowest BCUT2D eigenvalue weighted by Gasteiger charge is -2.09. The predicted molar refractivity (Wildman–Crippen MR) is 96.5 cm³/mol. The van der Waals surface area contributed by atoms with Crippen molar-refractivity contribution in [3.63, 3.8) is 0 Å². The van der Waals surface area contributed by atoms with Crippen molar-refractivity contribution in [1.82, 2.24) is 10.3 Å². The minimum absolute atomic E-state index is 0.102. The summed E-state index contributed by atoms with van der Waals surface area (Å²) >= 11 is 5.82. The van der Waals surface area contributed by atoms with E-state index in [-0.39, 0.29) is 17.3 Å². The van der Waals surface area contributed by atoms with Gasteiger partial charge >= 0.3 is 0 Å². The van der Waals surface area contributed by atoms with E-state index < -0.39 is 11.6 Å². The number of amides is 1. The molecule has 0 unspecified atom stereocenters. The highest BCUT2D eigenvalue weighted by Gasteiger charge is 2.09. The van der Waals surface area contributed by atoms with E-state index in [0.717, 1.165) is 17.7 Å². The van der Waals surface area contributed by atoms with Crippen molar-refractivity contribution < 1.29 is 13.6 Å².